The molecule has 0 spiro atoms. The molecule has 3 nitrogen and oxygen atoms in total. The standard InChI is InChI=1S/C15H15N3.C2H6/c1-17(2)13-8-6-12(7-9-13)14-11-18-10-4-3-5-15(18)16-14;1-2/h3-11H,1-2H3;1-2H3. The van der Waals surface area contributed by atoms with Crippen LogP contribution in [0, 0.1) is 0 Å². The molecule has 0 amide bonds. The average Bonchev–Trinajstić information content (AvgIpc) is 2.93. The highest BCUT2D eigenvalue weighted by Gasteiger charge is 2.04. The summed E-state index contributed by atoms with van der Waals surface area (Å²) in [7, 11) is 4.08. The molecule has 0 saturated heterocycles. The largest absolute Gasteiger partial charge is 0.378 e. The first-order chi connectivity index (χ1) is 9.74. The minimum absolute atomic E-state index is 0.976. The second-order valence-electron chi connectivity index (χ2n) is 4.53. The van der Waals surface area contributed by atoms with Crippen molar-refractivity contribution in [1.29, 1.82) is 0 Å². The fourth-order valence-electron chi connectivity index (χ4n) is 2.00. The maximum atomic E-state index is 4.61. The van der Waals surface area contributed by atoms with Gasteiger partial charge in [-0.1, -0.05) is 32.0 Å². The highest BCUT2D eigenvalue weighted by atomic mass is 15.1. The number of aromatic nitrogens is 2. The van der Waals surface area contributed by atoms with Crippen molar-refractivity contribution in [3.8, 4) is 11.3 Å². The van der Waals surface area contributed by atoms with E-state index in [2.05, 4.69) is 40.3 Å². The SMILES string of the molecule is CC.CN(C)c1ccc(-c2cn3ccccc3n2)cc1. The zero-order valence-electron chi connectivity index (χ0n) is 12.5. The number of pyridine rings is 1. The van der Waals surface area contributed by atoms with Crippen LogP contribution in [0.15, 0.2) is 54.9 Å². The van der Waals surface area contributed by atoms with Crippen LogP contribution in [0.3, 0.4) is 0 Å². The van der Waals surface area contributed by atoms with Crippen molar-refractivity contribution in [2.75, 3.05) is 19.0 Å². The van der Waals surface area contributed by atoms with Gasteiger partial charge in [0, 0.05) is 37.7 Å². The first-order valence-electron chi connectivity index (χ1n) is 6.95. The Hall–Kier alpha value is -2.29. The van der Waals surface area contributed by atoms with Crippen LogP contribution in [0.1, 0.15) is 13.8 Å². The van der Waals surface area contributed by atoms with Crippen LogP contribution in [0.2, 0.25) is 0 Å². The van der Waals surface area contributed by atoms with E-state index >= 15 is 0 Å². The molecule has 0 saturated carbocycles. The summed E-state index contributed by atoms with van der Waals surface area (Å²) in [5.74, 6) is 0. The molecular weight excluding hydrogens is 246 g/mol. The minimum Gasteiger partial charge on any atom is -0.378 e. The van der Waals surface area contributed by atoms with Gasteiger partial charge in [0.25, 0.3) is 0 Å². The summed E-state index contributed by atoms with van der Waals surface area (Å²) in [6.45, 7) is 4.00. The molecule has 1 aromatic carbocycles. The van der Waals surface area contributed by atoms with Crippen molar-refractivity contribution in [2.45, 2.75) is 13.8 Å². The van der Waals surface area contributed by atoms with E-state index in [1.165, 1.54) is 5.69 Å². The van der Waals surface area contributed by atoms with Crippen LogP contribution >= 0.6 is 0 Å². The van der Waals surface area contributed by atoms with Gasteiger partial charge >= 0.3 is 0 Å². The predicted octanol–water partition coefficient (Wildman–Crippen LogP) is 4.09. The summed E-state index contributed by atoms with van der Waals surface area (Å²) in [6.07, 6.45) is 4.07. The highest BCUT2D eigenvalue weighted by Crippen LogP contribution is 2.22. The molecule has 3 heteroatoms. The van der Waals surface area contributed by atoms with Crippen molar-refractivity contribution >= 4 is 11.3 Å². The average molecular weight is 267 g/mol. The minimum atomic E-state index is 0.976. The van der Waals surface area contributed by atoms with Crippen LogP contribution < -0.4 is 4.90 Å². The van der Waals surface area contributed by atoms with Gasteiger partial charge in [-0.25, -0.2) is 4.98 Å². The van der Waals surface area contributed by atoms with Crippen LogP contribution in [0.4, 0.5) is 5.69 Å². The Morgan fingerprint density at radius 1 is 0.950 bits per heavy atom. The molecule has 3 rings (SSSR count). The second-order valence-corrected chi connectivity index (χ2v) is 4.53. The lowest BCUT2D eigenvalue weighted by atomic mass is 10.1. The first kappa shape index (κ1) is 14.1. The number of imidazole rings is 1. The molecule has 2 heterocycles. The van der Waals surface area contributed by atoms with Gasteiger partial charge in [-0.2, -0.15) is 0 Å². The van der Waals surface area contributed by atoms with Gasteiger partial charge < -0.3 is 9.30 Å². The normalized spacial score (nSPS) is 10.0. The van der Waals surface area contributed by atoms with E-state index in [1.807, 2.05) is 56.7 Å². The quantitative estimate of drug-likeness (QED) is 0.697. The summed E-state index contributed by atoms with van der Waals surface area (Å²) in [5, 5.41) is 0. The lowest BCUT2D eigenvalue weighted by Gasteiger charge is -2.12. The predicted molar refractivity (Wildman–Crippen MR) is 86.3 cm³/mol. The Morgan fingerprint density at radius 2 is 1.65 bits per heavy atom. The number of hydrogen-bond acceptors (Lipinski definition) is 2. The molecule has 104 valence electrons. The number of benzene rings is 1. The molecule has 0 fully saturated rings. The van der Waals surface area contributed by atoms with Crippen LogP contribution in [0.25, 0.3) is 16.9 Å². The van der Waals surface area contributed by atoms with Gasteiger partial charge in [-0.05, 0) is 24.3 Å². The molecule has 0 aliphatic carbocycles. The number of fused-ring (bicyclic) bond motifs is 1. The van der Waals surface area contributed by atoms with E-state index in [1.54, 1.807) is 0 Å². The monoisotopic (exact) mass is 267 g/mol. The molecule has 0 bridgehead atoms. The van der Waals surface area contributed by atoms with Gasteiger partial charge in [0.2, 0.25) is 0 Å². The summed E-state index contributed by atoms with van der Waals surface area (Å²) in [6, 6.07) is 14.5. The van der Waals surface area contributed by atoms with Crippen LogP contribution in [-0.2, 0) is 0 Å². The van der Waals surface area contributed by atoms with E-state index in [9.17, 15) is 0 Å². The first-order valence-corrected chi connectivity index (χ1v) is 6.95. The fraction of sp³-hybridized carbons (Fsp3) is 0.235. The van der Waals surface area contributed by atoms with E-state index in [4.69, 9.17) is 0 Å². The number of anilines is 1. The molecule has 0 radical (unpaired) electrons. The maximum Gasteiger partial charge on any atom is 0.137 e. The Kier molecular flexibility index (Phi) is 4.41. The highest BCUT2D eigenvalue weighted by molar-refractivity contribution is 5.65. The van der Waals surface area contributed by atoms with Gasteiger partial charge in [0.05, 0.1) is 5.69 Å². The van der Waals surface area contributed by atoms with Crippen molar-refractivity contribution in [3.05, 3.63) is 54.9 Å². The van der Waals surface area contributed by atoms with Gasteiger partial charge in [-0.15, -0.1) is 0 Å². The Bertz CT molecular complexity index is 633. The van der Waals surface area contributed by atoms with Gasteiger partial charge in [-0.3, -0.25) is 0 Å². The molecular formula is C17H21N3. The number of hydrogen-bond donors (Lipinski definition) is 0. The lowest BCUT2D eigenvalue weighted by molar-refractivity contribution is 1.13. The molecule has 0 N–H and O–H groups in total. The fourth-order valence-corrected chi connectivity index (χ4v) is 2.00. The third kappa shape index (κ3) is 2.82. The van der Waals surface area contributed by atoms with Gasteiger partial charge in [0.1, 0.15) is 5.65 Å². The summed E-state index contributed by atoms with van der Waals surface area (Å²) < 4.78 is 2.04. The molecule has 0 atom stereocenters. The van der Waals surface area contributed by atoms with Crippen LogP contribution in [0.5, 0.6) is 0 Å². The smallest absolute Gasteiger partial charge is 0.137 e. The Balaban J connectivity index is 0.000000704. The van der Waals surface area contributed by atoms with Gasteiger partial charge in [0.15, 0.2) is 0 Å². The maximum absolute atomic E-state index is 4.61. The summed E-state index contributed by atoms with van der Waals surface area (Å²) in [5.41, 5.74) is 4.32. The Labute approximate surface area is 120 Å². The van der Waals surface area contributed by atoms with Crippen molar-refractivity contribution in [3.63, 3.8) is 0 Å². The molecule has 20 heavy (non-hydrogen) atoms. The van der Waals surface area contributed by atoms with Crippen LogP contribution in [-0.4, -0.2) is 23.5 Å². The van der Waals surface area contributed by atoms with Crippen molar-refractivity contribution < 1.29 is 0 Å². The second kappa shape index (κ2) is 6.24. The summed E-state index contributed by atoms with van der Waals surface area (Å²) in [4.78, 5) is 6.70. The van der Waals surface area contributed by atoms with E-state index in [0.717, 1.165) is 16.9 Å². The lowest BCUT2D eigenvalue weighted by Crippen LogP contribution is -2.07. The molecule has 3 aromatic rings. The zero-order valence-corrected chi connectivity index (χ0v) is 12.5. The third-order valence-electron chi connectivity index (χ3n) is 3.04. The van der Waals surface area contributed by atoms with Crippen molar-refractivity contribution in [2.24, 2.45) is 0 Å². The molecule has 2 aromatic heterocycles. The number of rotatable bonds is 2. The molecule has 0 aliphatic rings. The molecule has 0 unspecified atom stereocenters. The van der Waals surface area contributed by atoms with E-state index in [-0.39, 0.29) is 0 Å². The zero-order chi connectivity index (χ0) is 14.5. The van der Waals surface area contributed by atoms with E-state index < -0.39 is 0 Å². The van der Waals surface area contributed by atoms with E-state index in [0.29, 0.717) is 0 Å². The third-order valence-corrected chi connectivity index (χ3v) is 3.04. The Morgan fingerprint density at radius 3 is 2.25 bits per heavy atom. The topological polar surface area (TPSA) is 20.5 Å². The van der Waals surface area contributed by atoms with Crippen molar-refractivity contribution in [1.82, 2.24) is 9.38 Å². The summed E-state index contributed by atoms with van der Waals surface area (Å²) >= 11 is 0. The molecule has 0 aliphatic heterocycles. The number of nitrogens with zero attached hydrogens (tertiary/aromatic N) is 3.